The lowest BCUT2D eigenvalue weighted by Crippen LogP contribution is -2.30. The number of hydrogen-bond donors (Lipinski definition) is 1. The molecule has 0 aromatic heterocycles. The molecule has 0 saturated carbocycles. The molecule has 5 nitrogen and oxygen atoms in total. The first kappa shape index (κ1) is 10.4. The lowest BCUT2D eigenvalue weighted by Gasteiger charge is -2.13. The standard InChI is InChI=1S/C9H10N2O3/c1-11(14-10)9(13)8-5-3-2-4-7(8)6-12/h2-6H,10H2,1H3. The number of hydrogen-bond acceptors (Lipinski definition) is 4. The summed E-state index contributed by atoms with van der Waals surface area (Å²) < 4.78 is 0. The molecule has 0 fully saturated rings. The van der Waals surface area contributed by atoms with Crippen molar-refractivity contribution < 1.29 is 14.5 Å². The summed E-state index contributed by atoms with van der Waals surface area (Å²) in [6.07, 6.45) is 0.609. The predicted octanol–water partition coefficient (Wildman–Crippen LogP) is 0.376. The van der Waals surface area contributed by atoms with Gasteiger partial charge in [0.1, 0.15) is 0 Å². The van der Waals surface area contributed by atoms with Gasteiger partial charge < -0.3 is 0 Å². The van der Waals surface area contributed by atoms with E-state index in [0.29, 0.717) is 11.8 Å². The third kappa shape index (κ3) is 1.95. The van der Waals surface area contributed by atoms with Crippen molar-refractivity contribution in [1.82, 2.24) is 5.06 Å². The Kier molecular flexibility index (Phi) is 3.33. The maximum absolute atomic E-state index is 11.5. The van der Waals surface area contributed by atoms with Gasteiger partial charge in [-0.3, -0.25) is 9.59 Å². The summed E-state index contributed by atoms with van der Waals surface area (Å²) in [7, 11) is 1.36. The first-order chi connectivity index (χ1) is 6.70. The summed E-state index contributed by atoms with van der Waals surface area (Å²) in [5, 5.41) is 0.850. The van der Waals surface area contributed by atoms with Crippen molar-refractivity contribution in [2.75, 3.05) is 7.05 Å². The van der Waals surface area contributed by atoms with Gasteiger partial charge in [0, 0.05) is 12.6 Å². The second-order valence-corrected chi connectivity index (χ2v) is 2.61. The van der Waals surface area contributed by atoms with Gasteiger partial charge in [0.25, 0.3) is 5.91 Å². The topological polar surface area (TPSA) is 72.6 Å². The van der Waals surface area contributed by atoms with E-state index in [9.17, 15) is 9.59 Å². The molecule has 0 aliphatic rings. The molecule has 1 aromatic carbocycles. The van der Waals surface area contributed by atoms with Gasteiger partial charge in [0.15, 0.2) is 6.29 Å². The minimum atomic E-state index is -0.463. The monoisotopic (exact) mass is 194 g/mol. The van der Waals surface area contributed by atoms with Crippen molar-refractivity contribution >= 4 is 12.2 Å². The molecule has 1 aromatic rings. The van der Waals surface area contributed by atoms with Crippen molar-refractivity contribution in [1.29, 1.82) is 0 Å². The van der Waals surface area contributed by atoms with Crippen LogP contribution >= 0.6 is 0 Å². The average Bonchev–Trinajstić information content (AvgIpc) is 2.26. The largest absolute Gasteiger partial charge is 0.298 e. The van der Waals surface area contributed by atoms with E-state index < -0.39 is 5.91 Å². The lowest BCUT2D eigenvalue weighted by atomic mass is 10.1. The highest BCUT2D eigenvalue weighted by Crippen LogP contribution is 2.08. The zero-order valence-electron chi connectivity index (χ0n) is 7.64. The highest BCUT2D eigenvalue weighted by molar-refractivity contribution is 6.00. The highest BCUT2D eigenvalue weighted by atomic mass is 16.8. The number of aldehydes is 1. The van der Waals surface area contributed by atoms with Gasteiger partial charge in [0.05, 0.1) is 5.56 Å². The summed E-state index contributed by atoms with van der Waals surface area (Å²) in [6.45, 7) is 0. The van der Waals surface area contributed by atoms with E-state index >= 15 is 0 Å². The molecule has 0 atom stereocenters. The van der Waals surface area contributed by atoms with Gasteiger partial charge >= 0.3 is 0 Å². The summed E-state index contributed by atoms with van der Waals surface area (Å²) in [4.78, 5) is 26.4. The van der Waals surface area contributed by atoms with Gasteiger partial charge in [-0.05, 0) is 6.07 Å². The fourth-order valence-electron chi connectivity index (χ4n) is 1.01. The van der Waals surface area contributed by atoms with Crippen LogP contribution in [0.4, 0.5) is 0 Å². The van der Waals surface area contributed by atoms with E-state index in [1.165, 1.54) is 13.1 Å². The Labute approximate surface area is 81.0 Å². The first-order valence-electron chi connectivity index (χ1n) is 3.89. The third-order valence-electron chi connectivity index (χ3n) is 1.76. The fourth-order valence-corrected chi connectivity index (χ4v) is 1.01. The Hall–Kier alpha value is -1.72. The molecule has 0 spiro atoms. The van der Waals surface area contributed by atoms with Crippen LogP contribution in [0.15, 0.2) is 24.3 Å². The van der Waals surface area contributed by atoms with E-state index in [0.717, 1.165) is 5.06 Å². The molecule has 74 valence electrons. The smallest absolute Gasteiger partial charge is 0.279 e. The van der Waals surface area contributed by atoms with Gasteiger partial charge in [-0.2, -0.15) is 10.8 Å². The molecule has 0 aliphatic carbocycles. The van der Waals surface area contributed by atoms with Crippen LogP contribution in [0, 0.1) is 0 Å². The Morgan fingerprint density at radius 2 is 2.14 bits per heavy atom. The Morgan fingerprint density at radius 3 is 2.71 bits per heavy atom. The Bertz CT molecular complexity index is 352. The number of hydroxylamine groups is 2. The molecule has 2 N–H and O–H groups in total. The van der Waals surface area contributed by atoms with Crippen LogP contribution in [0.1, 0.15) is 20.7 Å². The summed E-state index contributed by atoms with van der Waals surface area (Å²) in [5.41, 5.74) is 0.567. The SMILES string of the molecule is CN(ON)C(=O)c1ccccc1C=O. The minimum absolute atomic E-state index is 0.260. The molecule has 0 unspecified atom stereocenters. The zero-order valence-corrected chi connectivity index (χ0v) is 7.64. The van der Waals surface area contributed by atoms with Crippen LogP contribution in [0.3, 0.4) is 0 Å². The van der Waals surface area contributed by atoms with Crippen LogP contribution < -0.4 is 5.90 Å². The molecule has 14 heavy (non-hydrogen) atoms. The molecule has 0 aliphatic heterocycles. The van der Waals surface area contributed by atoms with E-state index in [1.807, 2.05) is 0 Å². The second kappa shape index (κ2) is 4.50. The second-order valence-electron chi connectivity index (χ2n) is 2.61. The molecular formula is C9H10N2O3. The normalized spacial score (nSPS) is 9.57. The van der Waals surface area contributed by atoms with Crippen molar-refractivity contribution in [3.05, 3.63) is 35.4 Å². The van der Waals surface area contributed by atoms with Gasteiger partial charge in [-0.15, -0.1) is 0 Å². The summed E-state index contributed by atoms with van der Waals surface area (Å²) >= 11 is 0. The number of carbonyl (C=O) groups excluding carboxylic acids is 2. The molecule has 1 rings (SSSR count). The maximum Gasteiger partial charge on any atom is 0.279 e. The molecular weight excluding hydrogens is 184 g/mol. The number of amides is 1. The van der Waals surface area contributed by atoms with Crippen molar-refractivity contribution in [3.63, 3.8) is 0 Å². The van der Waals surface area contributed by atoms with Crippen LogP contribution in [-0.4, -0.2) is 24.3 Å². The molecule has 0 radical (unpaired) electrons. The van der Waals surface area contributed by atoms with Crippen LogP contribution in [0.2, 0.25) is 0 Å². The van der Waals surface area contributed by atoms with Crippen molar-refractivity contribution in [2.24, 2.45) is 5.90 Å². The predicted molar refractivity (Wildman–Crippen MR) is 49.2 cm³/mol. The zero-order chi connectivity index (χ0) is 10.6. The lowest BCUT2D eigenvalue weighted by molar-refractivity contribution is -0.108. The number of rotatable bonds is 3. The van der Waals surface area contributed by atoms with Gasteiger partial charge in [-0.1, -0.05) is 18.2 Å². The molecule has 0 saturated heterocycles. The van der Waals surface area contributed by atoms with Crippen molar-refractivity contribution in [3.8, 4) is 0 Å². The summed E-state index contributed by atoms with van der Waals surface area (Å²) in [6, 6.07) is 6.40. The van der Waals surface area contributed by atoms with Crippen LogP contribution in [0.25, 0.3) is 0 Å². The van der Waals surface area contributed by atoms with E-state index in [2.05, 4.69) is 4.94 Å². The quantitative estimate of drug-likeness (QED) is 0.557. The maximum atomic E-state index is 11.5. The number of carbonyl (C=O) groups is 2. The minimum Gasteiger partial charge on any atom is -0.298 e. The number of nitrogens with zero attached hydrogens (tertiary/aromatic N) is 1. The number of benzene rings is 1. The highest BCUT2D eigenvalue weighted by Gasteiger charge is 2.14. The van der Waals surface area contributed by atoms with Crippen LogP contribution in [0.5, 0.6) is 0 Å². The van der Waals surface area contributed by atoms with Crippen molar-refractivity contribution in [2.45, 2.75) is 0 Å². The fraction of sp³-hybridized carbons (Fsp3) is 0.111. The van der Waals surface area contributed by atoms with Crippen LogP contribution in [-0.2, 0) is 4.94 Å². The Morgan fingerprint density at radius 1 is 1.50 bits per heavy atom. The van der Waals surface area contributed by atoms with E-state index in [1.54, 1.807) is 18.2 Å². The van der Waals surface area contributed by atoms with E-state index in [-0.39, 0.29) is 5.56 Å². The van der Waals surface area contributed by atoms with Gasteiger partial charge in [-0.25, -0.2) is 5.06 Å². The molecule has 0 heterocycles. The average molecular weight is 194 g/mol. The first-order valence-corrected chi connectivity index (χ1v) is 3.89. The number of nitrogens with two attached hydrogens (primary N) is 1. The molecule has 5 heteroatoms. The third-order valence-corrected chi connectivity index (χ3v) is 1.76. The van der Waals surface area contributed by atoms with E-state index in [4.69, 9.17) is 5.90 Å². The molecule has 1 amide bonds. The molecule has 0 bridgehead atoms. The summed E-state index contributed by atoms with van der Waals surface area (Å²) in [5.74, 6) is 4.36. The Balaban J connectivity index is 3.05. The van der Waals surface area contributed by atoms with Gasteiger partial charge in [0.2, 0.25) is 0 Å².